The molecule has 0 radical (unpaired) electrons. The lowest BCUT2D eigenvalue weighted by atomic mass is 9.94. The van der Waals surface area contributed by atoms with Crippen LogP contribution in [0.25, 0.3) is 0 Å². The standard InChI is InChI=1S/C14H17BrN2O3/c1-16(13-5-3-2-4-12(13)15)14(18)10-6-8-11(9-7-10)17(19)20/h6-9,12-13H,2-5H2,1H3. The van der Waals surface area contributed by atoms with Crippen LogP contribution in [0.2, 0.25) is 0 Å². The van der Waals surface area contributed by atoms with Gasteiger partial charge in [0.2, 0.25) is 0 Å². The van der Waals surface area contributed by atoms with Gasteiger partial charge in [-0.3, -0.25) is 14.9 Å². The van der Waals surface area contributed by atoms with Crippen LogP contribution in [0, 0.1) is 10.1 Å². The van der Waals surface area contributed by atoms with E-state index in [0.717, 1.165) is 19.3 Å². The molecule has 0 heterocycles. The van der Waals surface area contributed by atoms with Crippen molar-refractivity contribution in [1.82, 2.24) is 4.90 Å². The van der Waals surface area contributed by atoms with Gasteiger partial charge in [-0.25, -0.2) is 0 Å². The summed E-state index contributed by atoms with van der Waals surface area (Å²) in [4.78, 5) is 24.6. The van der Waals surface area contributed by atoms with Crippen LogP contribution < -0.4 is 0 Å². The fraction of sp³-hybridized carbons (Fsp3) is 0.500. The molecule has 108 valence electrons. The summed E-state index contributed by atoms with van der Waals surface area (Å²) in [5.41, 5.74) is 0.489. The summed E-state index contributed by atoms with van der Waals surface area (Å²) in [6, 6.07) is 5.96. The number of nitro benzene ring substituents is 1. The maximum Gasteiger partial charge on any atom is 0.269 e. The Bertz CT molecular complexity index is 504. The molecule has 2 atom stereocenters. The molecule has 1 saturated carbocycles. The van der Waals surface area contributed by atoms with E-state index in [1.807, 2.05) is 0 Å². The Hall–Kier alpha value is -1.43. The number of carbonyl (C=O) groups is 1. The highest BCUT2D eigenvalue weighted by molar-refractivity contribution is 9.09. The Morgan fingerprint density at radius 1 is 1.30 bits per heavy atom. The molecule has 1 aromatic carbocycles. The number of alkyl halides is 1. The van der Waals surface area contributed by atoms with E-state index in [1.54, 1.807) is 11.9 Å². The van der Waals surface area contributed by atoms with Crippen molar-refractivity contribution < 1.29 is 9.72 Å². The number of benzene rings is 1. The highest BCUT2D eigenvalue weighted by Crippen LogP contribution is 2.28. The van der Waals surface area contributed by atoms with Gasteiger partial charge in [-0.2, -0.15) is 0 Å². The number of hydrogen-bond donors (Lipinski definition) is 0. The SMILES string of the molecule is CN(C(=O)c1ccc([N+](=O)[O-])cc1)C1CCCCC1Br. The fourth-order valence-corrected chi connectivity index (χ4v) is 3.53. The third-order valence-corrected chi connectivity index (χ3v) is 4.86. The number of carbonyl (C=O) groups excluding carboxylic acids is 1. The molecule has 2 rings (SSSR count). The molecule has 0 aromatic heterocycles. The number of nitro groups is 1. The number of nitrogens with zero attached hydrogens (tertiary/aromatic N) is 2. The van der Waals surface area contributed by atoms with Crippen molar-refractivity contribution in [2.75, 3.05) is 7.05 Å². The van der Waals surface area contributed by atoms with Crippen LogP contribution in [0.1, 0.15) is 36.0 Å². The van der Waals surface area contributed by atoms with Gasteiger partial charge in [-0.1, -0.05) is 28.8 Å². The van der Waals surface area contributed by atoms with Gasteiger partial charge in [0.15, 0.2) is 0 Å². The van der Waals surface area contributed by atoms with Crippen LogP contribution in [-0.2, 0) is 0 Å². The van der Waals surface area contributed by atoms with E-state index in [1.165, 1.54) is 30.7 Å². The summed E-state index contributed by atoms with van der Waals surface area (Å²) in [6.45, 7) is 0. The molecule has 1 aromatic rings. The Kier molecular flexibility index (Phi) is 4.75. The molecule has 0 bridgehead atoms. The summed E-state index contributed by atoms with van der Waals surface area (Å²) in [5, 5.41) is 10.6. The zero-order valence-electron chi connectivity index (χ0n) is 11.3. The zero-order valence-corrected chi connectivity index (χ0v) is 12.9. The lowest BCUT2D eigenvalue weighted by Gasteiger charge is -2.35. The maximum atomic E-state index is 12.4. The smallest absolute Gasteiger partial charge is 0.269 e. The highest BCUT2D eigenvalue weighted by Gasteiger charge is 2.29. The second-order valence-electron chi connectivity index (χ2n) is 5.09. The van der Waals surface area contributed by atoms with E-state index < -0.39 is 4.92 Å². The molecule has 2 unspecified atom stereocenters. The average molecular weight is 341 g/mol. The molecule has 0 aliphatic heterocycles. The Morgan fingerprint density at radius 3 is 2.45 bits per heavy atom. The number of hydrogen-bond acceptors (Lipinski definition) is 3. The maximum absolute atomic E-state index is 12.4. The molecule has 1 fully saturated rings. The number of amides is 1. The Morgan fingerprint density at radius 2 is 1.90 bits per heavy atom. The van der Waals surface area contributed by atoms with E-state index in [4.69, 9.17) is 0 Å². The molecule has 1 aliphatic carbocycles. The van der Waals surface area contributed by atoms with E-state index >= 15 is 0 Å². The van der Waals surface area contributed by atoms with Crippen molar-refractivity contribution in [3.8, 4) is 0 Å². The molecular formula is C14H17BrN2O3. The van der Waals surface area contributed by atoms with Crippen LogP contribution in [0.4, 0.5) is 5.69 Å². The molecule has 20 heavy (non-hydrogen) atoms. The summed E-state index contributed by atoms with van der Waals surface area (Å²) in [6.07, 6.45) is 4.38. The van der Waals surface area contributed by atoms with Gasteiger partial charge in [-0.15, -0.1) is 0 Å². The fourth-order valence-electron chi connectivity index (χ4n) is 2.58. The largest absolute Gasteiger partial charge is 0.338 e. The number of rotatable bonds is 3. The zero-order chi connectivity index (χ0) is 14.7. The first-order chi connectivity index (χ1) is 9.50. The average Bonchev–Trinajstić information content (AvgIpc) is 2.46. The lowest BCUT2D eigenvalue weighted by molar-refractivity contribution is -0.384. The van der Waals surface area contributed by atoms with Crippen molar-refractivity contribution in [2.24, 2.45) is 0 Å². The topological polar surface area (TPSA) is 63.5 Å². The van der Waals surface area contributed by atoms with Gasteiger partial charge in [0.05, 0.1) is 4.92 Å². The predicted molar refractivity (Wildman–Crippen MR) is 80.2 cm³/mol. The second kappa shape index (κ2) is 6.35. The highest BCUT2D eigenvalue weighted by atomic mass is 79.9. The number of non-ortho nitro benzene ring substituents is 1. The first-order valence-corrected chi connectivity index (χ1v) is 7.58. The molecular weight excluding hydrogens is 324 g/mol. The molecule has 0 spiro atoms. The lowest BCUT2D eigenvalue weighted by Crippen LogP contribution is -2.44. The second-order valence-corrected chi connectivity index (χ2v) is 6.26. The van der Waals surface area contributed by atoms with Crippen molar-refractivity contribution in [3.05, 3.63) is 39.9 Å². The summed E-state index contributed by atoms with van der Waals surface area (Å²) >= 11 is 3.64. The minimum absolute atomic E-state index is 0.000220. The Labute approximate surface area is 126 Å². The van der Waals surface area contributed by atoms with Crippen molar-refractivity contribution in [1.29, 1.82) is 0 Å². The minimum Gasteiger partial charge on any atom is -0.338 e. The van der Waals surface area contributed by atoms with Gasteiger partial charge in [0.25, 0.3) is 11.6 Å². The molecule has 0 N–H and O–H groups in total. The molecule has 0 saturated heterocycles. The van der Waals surface area contributed by atoms with Crippen LogP contribution >= 0.6 is 15.9 Å². The Balaban J connectivity index is 2.11. The van der Waals surface area contributed by atoms with Gasteiger partial charge < -0.3 is 4.90 Å². The normalized spacial score (nSPS) is 22.3. The van der Waals surface area contributed by atoms with Gasteiger partial charge in [0, 0.05) is 35.6 Å². The third kappa shape index (κ3) is 3.17. The van der Waals surface area contributed by atoms with Crippen molar-refractivity contribution >= 4 is 27.5 Å². The van der Waals surface area contributed by atoms with E-state index in [9.17, 15) is 14.9 Å². The van der Waals surface area contributed by atoms with Crippen LogP contribution in [-0.4, -0.2) is 33.6 Å². The molecule has 1 aliphatic rings. The molecule has 5 nitrogen and oxygen atoms in total. The monoisotopic (exact) mass is 340 g/mol. The van der Waals surface area contributed by atoms with Crippen LogP contribution in [0.5, 0.6) is 0 Å². The first-order valence-electron chi connectivity index (χ1n) is 6.66. The van der Waals surface area contributed by atoms with Crippen LogP contribution in [0.15, 0.2) is 24.3 Å². The minimum atomic E-state index is -0.465. The third-order valence-electron chi connectivity index (χ3n) is 3.79. The molecule has 1 amide bonds. The van der Waals surface area contributed by atoms with Crippen molar-refractivity contribution in [3.63, 3.8) is 0 Å². The summed E-state index contributed by atoms with van der Waals surface area (Å²) in [7, 11) is 1.80. The number of halogens is 1. The molecule has 6 heteroatoms. The first kappa shape index (κ1) is 15.0. The van der Waals surface area contributed by atoms with Gasteiger partial charge in [-0.05, 0) is 25.0 Å². The van der Waals surface area contributed by atoms with E-state index in [-0.39, 0.29) is 17.6 Å². The van der Waals surface area contributed by atoms with E-state index in [2.05, 4.69) is 15.9 Å². The summed E-state index contributed by atoms with van der Waals surface area (Å²) < 4.78 is 0. The quantitative estimate of drug-likeness (QED) is 0.481. The van der Waals surface area contributed by atoms with Gasteiger partial charge in [0.1, 0.15) is 0 Å². The van der Waals surface area contributed by atoms with Crippen LogP contribution in [0.3, 0.4) is 0 Å². The van der Waals surface area contributed by atoms with Crippen molar-refractivity contribution in [2.45, 2.75) is 36.6 Å². The summed E-state index contributed by atoms with van der Waals surface area (Å²) in [5.74, 6) is -0.0868. The van der Waals surface area contributed by atoms with Gasteiger partial charge >= 0.3 is 0 Å². The van der Waals surface area contributed by atoms with E-state index in [0.29, 0.717) is 10.4 Å². The predicted octanol–water partition coefficient (Wildman–Crippen LogP) is 3.37.